The Morgan fingerprint density at radius 1 is 1.12 bits per heavy atom. The molecular formula is C16H20N2O4S2. The number of amides is 1. The number of thiophene rings is 1. The number of benzene rings is 1. The Balaban J connectivity index is 1.83. The molecule has 0 bridgehead atoms. The van der Waals surface area contributed by atoms with Crippen molar-refractivity contribution < 1.29 is 17.9 Å². The molecule has 0 aliphatic rings. The van der Waals surface area contributed by atoms with Crippen LogP contribution in [0.2, 0.25) is 0 Å². The van der Waals surface area contributed by atoms with Gasteiger partial charge in [0.1, 0.15) is 16.6 Å². The van der Waals surface area contributed by atoms with Crippen molar-refractivity contribution in [2.24, 2.45) is 0 Å². The number of carbonyl (C=O) groups excluding carboxylic acids is 1. The molecule has 0 aliphatic heterocycles. The molecule has 0 unspecified atom stereocenters. The Morgan fingerprint density at radius 3 is 2.46 bits per heavy atom. The second-order valence-electron chi connectivity index (χ2n) is 5.17. The number of carbonyl (C=O) groups is 1. The Bertz CT molecular complexity index is 746. The maximum atomic E-state index is 12.3. The quantitative estimate of drug-likeness (QED) is 0.714. The maximum absolute atomic E-state index is 12.3. The van der Waals surface area contributed by atoms with Crippen molar-refractivity contribution in [1.29, 1.82) is 0 Å². The second-order valence-corrected chi connectivity index (χ2v) is 8.39. The summed E-state index contributed by atoms with van der Waals surface area (Å²) in [7, 11) is -0.583. The zero-order chi connectivity index (χ0) is 17.6. The molecule has 1 aromatic carbocycles. The topological polar surface area (TPSA) is 66.9 Å². The predicted octanol–water partition coefficient (Wildman–Crippen LogP) is 1.91. The minimum absolute atomic E-state index is 0.206. The van der Waals surface area contributed by atoms with Crippen LogP contribution in [0, 0.1) is 0 Å². The Labute approximate surface area is 146 Å². The minimum atomic E-state index is -3.61. The number of nitrogens with zero attached hydrogens (tertiary/aromatic N) is 2. The standard InChI is InChI=1S/C16H20N2O4S2/c1-17(10-11-22-14-7-4-3-5-8-14)15(19)13-18(2)24(20,21)16-9-6-12-23-16/h3-9,12H,10-11,13H2,1-2H3. The first kappa shape index (κ1) is 18.4. The van der Waals surface area contributed by atoms with Crippen molar-refractivity contribution in [2.75, 3.05) is 33.8 Å². The third kappa shape index (κ3) is 4.80. The van der Waals surface area contributed by atoms with Crippen LogP contribution >= 0.6 is 11.3 Å². The zero-order valence-corrected chi connectivity index (χ0v) is 15.2. The van der Waals surface area contributed by atoms with Gasteiger partial charge >= 0.3 is 0 Å². The normalized spacial score (nSPS) is 11.5. The lowest BCUT2D eigenvalue weighted by Gasteiger charge is -2.21. The number of hydrogen-bond donors (Lipinski definition) is 0. The molecule has 0 spiro atoms. The highest BCUT2D eigenvalue weighted by atomic mass is 32.2. The summed E-state index contributed by atoms with van der Waals surface area (Å²) in [6.45, 7) is 0.510. The average Bonchev–Trinajstić information content (AvgIpc) is 3.10. The predicted molar refractivity (Wildman–Crippen MR) is 93.7 cm³/mol. The van der Waals surface area contributed by atoms with Crippen LogP contribution in [0.3, 0.4) is 0 Å². The maximum Gasteiger partial charge on any atom is 0.252 e. The molecule has 0 radical (unpaired) electrons. The molecule has 0 saturated heterocycles. The van der Waals surface area contributed by atoms with Gasteiger partial charge in [0.2, 0.25) is 5.91 Å². The number of likely N-dealkylation sites (N-methyl/N-ethyl adjacent to an activating group) is 2. The SMILES string of the molecule is CN(CCOc1ccccc1)C(=O)CN(C)S(=O)(=O)c1cccs1. The van der Waals surface area contributed by atoms with Crippen LogP contribution < -0.4 is 4.74 Å². The van der Waals surface area contributed by atoms with Gasteiger partial charge in [-0.25, -0.2) is 8.42 Å². The van der Waals surface area contributed by atoms with Crippen LogP contribution in [-0.4, -0.2) is 57.3 Å². The third-order valence-electron chi connectivity index (χ3n) is 3.38. The summed E-state index contributed by atoms with van der Waals surface area (Å²) < 4.78 is 31.4. The monoisotopic (exact) mass is 368 g/mol. The molecule has 24 heavy (non-hydrogen) atoms. The van der Waals surface area contributed by atoms with E-state index in [0.29, 0.717) is 13.2 Å². The Hall–Kier alpha value is -1.90. The molecule has 130 valence electrons. The number of sulfonamides is 1. The van der Waals surface area contributed by atoms with Crippen LogP contribution in [-0.2, 0) is 14.8 Å². The first-order valence-electron chi connectivity index (χ1n) is 7.33. The van der Waals surface area contributed by atoms with Gasteiger partial charge in [-0.2, -0.15) is 4.31 Å². The highest BCUT2D eigenvalue weighted by molar-refractivity contribution is 7.91. The first-order valence-corrected chi connectivity index (χ1v) is 9.65. The fourth-order valence-corrected chi connectivity index (χ4v) is 4.22. The smallest absolute Gasteiger partial charge is 0.252 e. The summed E-state index contributed by atoms with van der Waals surface area (Å²) in [4.78, 5) is 13.6. The van der Waals surface area contributed by atoms with Crippen LogP contribution in [0.25, 0.3) is 0 Å². The van der Waals surface area contributed by atoms with Crippen molar-refractivity contribution in [3.63, 3.8) is 0 Å². The van der Waals surface area contributed by atoms with Gasteiger partial charge < -0.3 is 9.64 Å². The van der Waals surface area contributed by atoms with Crippen molar-refractivity contribution in [1.82, 2.24) is 9.21 Å². The third-order valence-corrected chi connectivity index (χ3v) is 6.56. The van der Waals surface area contributed by atoms with E-state index in [1.165, 1.54) is 18.0 Å². The number of hydrogen-bond acceptors (Lipinski definition) is 5. The Kier molecular flexibility index (Phi) is 6.36. The molecule has 1 amide bonds. The summed E-state index contributed by atoms with van der Waals surface area (Å²) in [6.07, 6.45) is 0. The van der Waals surface area contributed by atoms with Crippen LogP contribution in [0.15, 0.2) is 52.1 Å². The fourth-order valence-electron chi connectivity index (χ4n) is 1.90. The average molecular weight is 368 g/mol. The molecule has 8 heteroatoms. The second kappa shape index (κ2) is 8.27. The molecule has 0 aliphatic carbocycles. The number of ether oxygens (including phenoxy) is 1. The zero-order valence-electron chi connectivity index (χ0n) is 13.6. The van der Waals surface area contributed by atoms with E-state index in [0.717, 1.165) is 21.4 Å². The van der Waals surface area contributed by atoms with Gasteiger partial charge in [-0.3, -0.25) is 4.79 Å². The van der Waals surface area contributed by atoms with Crippen LogP contribution in [0.4, 0.5) is 0 Å². The lowest BCUT2D eigenvalue weighted by Crippen LogP contribution is -2.40. The van der Waals surface area contributed by atoms with Crippen LogP contribution in [0.1, 0.15) is 0 Å². The van der Waals surface area contributed by atoms with Gasteiger partial charge in [-0.1, -0.05) is 24.3 Å². The Morgan fingerprint density at radius 2 is 1.83 bits per heavy atom. The van der Waals surface area contributed by atoms with Gasteiger partial charge in [0.05, 0.1) is 13.1 Å². The number of para-hydroxylation sites is 1. The summed E-state index contributed by atoms with van der Waals surface area (Å²) in [5.41, 5.74) is 0. The van der Waals surface area contributed by atoms with E-state index in [4.69, 9.17) is 4.74 Å². The van der Waals surface area contributed by atoms with Crippen LogP contribution in [0.5, 0.6) is 5.75 Å². The molecule has 6 nitrogen and oxygen atoms in total. The van der Waals surface area contributed by atoms with E-state index < -0.39 is 10.0 Å². The first-order chi connectivity index (χ1) is 11.4. The van der Waals surface area contributed by atoms with E-state index in [-0.39, 0.29) is 16.7 Å². The van der Waals surface area contributed by atoms with Gasteiger partial charge in [-0.15, -0.1) is 11.3 Å². The van der Waals surface area contributed by atoms with E-state index >= 15 is 0 Å². The largest absolute Gasteiger partial charge is 0.492 e. The van der Waals surface area contributed by atoms with Crippen molar-refractivity contribution in [2.45, 2.75) is 4.21 Å². The molecule has 2 aromatic rings. The molecule has 0 saturated carbocycles. The van der Waals surface area contributed by atoms with Gasteiger partial charge in [0.25, 0.3) is 10.0 Å². The van der Waals surface area contributed by atoms with E-state index in [1.54, 1.807) is 18.5 Å². The molecule has 0 fully saturated rings. The summed E-state index contributed by atoms with van der Waals surface area (Å²) in [5.74, 6) is 0.449. The summed E-state index contributed by atoms with van der Waals surface area (Å²) >= 11 is 1.13. The minimum Gasteiger partial charge on any atom is -0.492 e. The van der Waals surface area contributed by atoms with Gasteiger partial charge in [-0.05, 0) is 23.6 Å². The molecule has 0 atom stereocenters. The lowest BCUT2D eigenvalue weighted by atomic mass is 10.3. The van der Waals surface area contributed by atoms with Crippen molar-refractivity contribution >= 4 is 27.3 Å². The molecule has 0 N–H and O–H groups in total. The number of rotatable bonds is 8. The molecular weight excluding hydrogens is 348 g/mol. The molecule has 1 aromatic heterocycles. The molecule has 1 heterocycles. The van der Waals surface area contributed by atoms with Gasteiger partial charge in [0.15, 0.2) is 0 Å². The highest BCUT2D eigenvalue weighted by Crippen LogP contribution is 2.19. The summed E-state index contributed by atoms with van der Waals surface area (Å²) in [5, 5.41) is 1.69. The lowest BCUT2D eigenvalue weighted by molar-refractivity contribution is -0.130. The van der Waals surface area contributed by atoms with Crippen molar-refractivity contribution in [3.8, 4) is 5.75 Å². The highest BCUT2D eigenvalue weighted by Gasteiger charge is 2.24. The van der Waals surface area contributed by atoms with E-state index in [1.807, 2.05) is 30.3 Å². The van der Waals surface area contributed by atoms with E-state index in [2.05, 4.69) is 0 Å². The summed E-state index contributed by atoms with van der Waals surface area (Å²) in [6, 6.07) is 12.5. The fraction of sp³-hybridized carbons (Fsp3) is 0.312. The molecule has 2 rings (SSSR count). The van der Waals surface area contributed by atoms with E-state index in [9.17, 15) is 13.2 Å². The van der Waals surface area contributed by atoms with Gasteiger partial charge in [0, 0.05) is 14.1 Å². The van der Waals surface area contributed by atoms with Crippen molar-refractivity contribution in [3.05, 3.63) is 47.8 Å².